The summed E-state index contributed by atoms with van der Waals surface area (Å²) in [6.07, 6.45) is 4.83. The summed E-state index contributed by atoms with van der Waals surface area (Å²) in [6, 6.07) is 16.5. The minimum Gasteiger partial charge on any atom is -0.481 e. The van der Waals surface area contributed by atoms with Gasteiger partial charge in [-0.05, 0) is 85.3 Å². The van der Waals surface area contributed by atoms with E-state index in [0.717, 1.165) is 75.2 Å². The van der Waals surface area contributed by atoms with Crippen LogP contribution in [0.3, 0.4) is 0 Å². The Hall–Kier alpha value is -5.17. The zero-order chi connectivity index (χ0) is 35.2. The highest BCUT2D eigenvalue weighted by Crippen LogP contribution is 2.38. The lowest BCUT2D eigenvalue weighted by molar-refractivity contribution is -0.141. The van der Waals surface area contributed by atoms with Crippen LogP contribution in [0.1, 0.15) is 41.0 Å². The molecular formula is C39H41N7O5. The van der Waals surface area contributed by atoms with Crippen molar-refractivity contribution in [2.24, 2.45) is 5.92 Å². The van der Waals surface area contributed by atoms with Gasteiger partial charge in [-0.1, -0.05) is 24.3 Å². The van der Waals surface area contributed by atoms with Crippen LogP contribution in [0.25, 0.3) is 33.5 Å². The molecule has 0 bridgehead atoms. The van der Waals surface area contributed by atoms with Crippen LogP contribution < -0.4 is 5.32 Å². The first-order valence-corrected chi connectivity index (χ1v) is 17.5. The van der Waals surface area contributed by atoms with E-state index in [2.05, 4.69) is 47.2 Å². The Morgan fingerprint density at radius 3 is 2.49 bits per heavy atom. The van der Waals surface area contributed by atoms with Gasteiger partial charge >= 0.3 is 5.97 Å². The second-order valence-electron chi connectivity index (χ2n) is 14.0. The van der Waals surface area contributed by atoms with Crippen LogP contribution in [-0.2, 0) is 29.2 Å². The summed E-state index contributed by atoms with van der Waals surface area (Å²) in [5.41, 5.74) is 8.74. The van der Waals surface area contributed by atoms with E-state index in [1.165, 1.54) is 0 Å². The highest BCUT2D eigenvalue weighted by atomic mass is 16.4. The van der Waals surface area contributed by atoms with Crippen LogP contribution in [-0.4, -0.2) is 90.6 Å². The predicted octanol–water partition coefficient (Wildman–Crippen LogP) is 5.13. The summed E-state index contributed by atoms with van der Waals surface area (Å²) in [4.78, 5) is 44.5. The molecule has 3 aromatic heterocycles. The van der Waals surface area contributed by atoms with Gasteiger partial charge in [0.1, 0.15) is 17.0 Å². The van der Waals surface area contributed by atoms with E-state index in [-0.39, 0.29) is 18.6 Å². The molecule has 1 unspecified atom stereocenters. The van der Waals surface area contributed by atoms with Crippen LogP contribution in [0.15, 0.2) is 65.3 Å². The number of hydrogen-bond donors (Lipinski definition) is 3. The number of fused-ring (bicyclic) bond motifs is 2. The van der Waals surface area contributed by atoms with E-state index in [1.807, 2.05) is 41.4 Å². The number of amides is 1. The Balaban J connectivity index is 0.983. The molecule has 0 saturated carbocycles. The molecular weight excluding hydrogens is 646 g/mol. The van der Waals surface area contributed by atoms with Gasteiger partial charge in [0.2, 0.25) is 11.8 Å². The van der Waals surface area contributed by atoms with Crippen molar-refractivity contribution >= 4 is 34.3 Å². The number of aliphatic hydroxyl groups excluding tert-OH is 1. The third-order valence-electron chi connectivity index (χ3n) is 10.5. The van der Waals surface area contributed by atoms with Gasteiger partial charge < -0.3 is 24.8 Å². The number of β-amino-alcohol motifs (C(OH)–C–C–N with tert-alkyl or cyclic N) is 1. The van der Waals surface area contributed by atoms with Gasteiger partial charge in [0, 0.05) is 55.2 Å². The number of hydrogen-bond acceptors (Lipinski definition) is 10. The summed E-state index contributed by atoms with van der Waals surface area (Å²) in [5, 5.41) is 23.8. The Morgan fingerprint density at radius 2 is 1.73 bits per heavy atom. The van der Waals surface area contributed by atoms with Gasteiger partial charge in [-0.15, -0.1) is 0 Å². The molecule has 3 aliphatic rings. The maximum atomic E-state index is 13.0. The van der Waals surface area contributed by atoms with Gasteiger partial charge in [-0.2, -0.15) is 0 Å². The predicted molar refractivity (Wildman–Crippen MR) is 192 cm³/mol. The molecule has 3 N–H and O–H groups in total. The lowest BCUT2D eigenvalue weighted by atomic mass is 9.93. The number of nitrogens with zero attached hydrogens (tertiary/aromatic N) is 6. The summed E-state index contributed by atoms with van der Waals surface area (Å²) in [6.45, 7) is 8.46. The number of aliphatic carboxylic acids is 1. The molecule has 51 heavy (non-hydrogen) atoms. The maximum Gasteiger partial charge on any atom is 0.307 e. The highest BCUT2D eigenvalue weighted by molar-refractivity contribution is 5.91. The van der Waals surface area contributed by atoms with Crippen molar-refractivity contribution in [2.75, 3.05) is 38.0 Å². The Bertz CT molecular complexity index is 2120. The Morgan fingerprint density at radius 1 is 0.941 bits per heavy atom. The highest BCUT2D eigenvalue weighted by Gasteiger charge is 2.33. The fourth-order valence-electron chi connectivity index (χ4n) is 7.65. The number of anilines is 2. The average Bonchev–Trinajstić information content (AvgIpc) is 3.91. The molecule has 2 fully saturated rings. The Kier molecular flexibility index (Phi) is 8.74. The van der Waals surface area contributed by atoms with E-state index in [9.17, 15) is 19.8 Å². The van der Waals surface area contributed by atoms with Crippen LogP contribution in [0.5, 0.6) is 0 Å². The molecule has 5 aromatic rings. The van der Waals surface area contributed by atoms with Crippen LogP contribution in [0.4, 0.5) is 11.5 Å². The number of benzene rings is 2. The largest absolute Gasteiger partial charge is 0.481 e. The molecule has 2 aromatic carbocycles. The number of carbonyl (C=O) groups is 2. The number of likely N-dealkylation sites (tertiary alicyclic amines) is 2. The van der Waals surface area contributed by atoms with Crippen molar-refractivity contribution in [3.8, 4) is 22.6 Å². The molecule has 6 heterocycles. The molecule has 0 spiro atoms. The third kappa shape index (κ3) is 6.58. The molecule has 12 nitrogen and oxygen atoms in total. The average molecular weight is 688 g/mol. The maximum absolute atomic E-state index is 13.0. The fourth-order valence-corrected chi connectivity index (χ4v) is 7.65. The number of rotatable bonds is 9. The molecule has 262 valence electrons. The SMILES string of the molecule is Cc1c(Nc2nccc3cc(CN4CC[C@@H](O)C4)cnc23)cccc1-c1cccc(-c2nc3c(o2)CN(C(=O)CN2CCC(C(=O)O)C2)C3)c1C. The van der Waals surface area contributed by atoms with Gasteiger partial charge in [0.05, 0.1) is 31.7 Å². The summed E-state index contributed by atoms with van der Waals surface area (Å²) in [7, 11) is 0. The summed E-state index contributed by atoms with van der Waals surface area (Å²) < 4.78 is 6.27. The first-order chi connectivity index (χ1) is 24.7. The number of aliphatic hydroxyl groups is 1. The number of oxazole rings is 1. The number of nitrogens with one attached hydrogen (secondary N) is 1. The minimum atomic E-state index is -0.803. The molecule has 12 heteroatoms. The first-order valence-electron chi connectivity index (χ1n) is 17.5. The quantitative estimate of drug-likeness (QED) is 0.190. The molecule has 2 saturated heterocycles. The summed E-state index contributed by atoms with van der Waals surface area (Å²) in [5.74, 6) is 0.653. The number of carboxylic acid groups (broad SMARTS) is 1. The van der Waals surface area contributed by atoms with Crippen molar-refractivity contribution < 1.29 is 24.2 Å². The van der Waals surface area contributed by atoms with Gasteiger partial charge in [-0.3, -0.25) is 24.4 Å². The fraction of sp³-hybridized carbons (Fsp3) is 0.359. The molecule has 8 rings (SSSR count). The number of pyridine rings is 2. The van der Waals surface area contributed by atoms with E-state index in [1.54, 1.807) is 11.1 Å². The van der Waals surface area contributed by atoms with Crippen molar-refractivity contribution in [1.29, 1.82) is 0 Å². The second kappa shape index (κ2) is 13.5. The van der Waals surface area contributed by atoms with Crippen molar-refractivity contribution in [3.63, 3.8) is 0 Å². The van der Waals surface area contributed by atoms with Crippen LogP contribution in [0, 0.1) is 19.8 Å². The van der Waals surface area contributed by atoms with Gasteiger partial charge in [0.25, 0.3) is 0 Å². The molecule has 1 amide bonds. The second-order valence-corrected chi connectivity index (χ2v) is 14.0. The molecule has 0 radical (unpaired) electrons. The topological polar surface area (TPSA) is 148 Å². The van der Waals surface area contributed by atoms with Crippen LogP contribution >= 0.6 is 0 Å². The lowest BCUT2D eigenvalue weighted by Gasteiger charge is -2.20. The third-order valence-corrected chi connectivity index (χ3v) is 10.5. The van der Waals surface area contributed by atoms with E-state index in [0.29, 0.717) is 56.6 Å². The first kappa shape index (κ1) is 33.0. The van der Waals surface area contributed by atoms with E-state index in [4.69, 9.17) is 14.4 Å². The molecule has 0 aliphatic carbocycles. The summed E-state index contributed by atoms with van der Waals surface area (Å²) >= 11 is 0. The zero-order valence-corrected chi connectivity index (χ0v) is 28.8. The van der Waals surface area contributed by atoms with Crippen molar-refractivity contribution in [2.45, 2.75) is 52.4 Å². The lowest BCUT2D eigenvalue weighted by Crippen LogP contribution is -2.37. The minimum absolute atomic E-state index is 0.0452. The standard InChI is InChI=1S/C39H41N7O5/c1-23-29(5-3-7-31(23)38-43-33-20-46(21-34(33)51-38)35(48)22-45-13-10-27(18-45)39(49)50)30-6-4-8-32(24(30)2)42-37-36-26(9-12-40-37)15-25(16-41-36)17-44-14-11-28(47)19-44/h3-9,12,15-16,27-28,47H,10-11,13-14,17-22H2,1-2H3,(H,40,42)(H,49,50)/t27?,28-/m1/s1. The normalized spacial score (nSPS) is 19.2. The van der Waals surface area contributed by atoms with Crippen LogP contribution in [0.2, 0.25) is 0 Å². The Labute approximate surface area is 295 Å². The van der Waals surface area contributed by atoms with E-state index < -0.39 is 11.9 Å². The van der Waals surface area contributed by atoms with Gasteiger partial charge in [0.15, 0.2) is 5.82 Å². The van der Waals surface area contributed by atoms with Gasteiger partial charge in [-0.25, -0.2) is 9.97 Å². The number of aromatic nitrogens is 3. The number of carboxylic acids is 1. The van der Waals surface area contributed by atoms with Crippen molar-refractivity contribution in [1.82, 2.24) is 29.7 Å². The zero-order valence-electron chi connectivity index (χ0n) is 28.8. The van der Waals surface area contributed by atoms with E-state index >= 15 is 0 Å². The molecule has 3 aliphatic heterocycles. The van der Waals surface area contributed by atoms with Crippen molar-refractivity contribution in [3.05, 3.63) is 89.1 Å². The smallest absolute Gasteiger partial charge is 0.307 e. The monoisotopic (exact) mass is 687 g/mol. The number of carbonyl (C=O) groups excluding carboxylic acids is 1. The molecule has 2 atom stereocenters.